The van der Waals surface area contributed by atoms with E-state index in [1.807, 2.05) is 11.8 Å². The fourth-order valence-electron chi connectivity index (χ4n) is 3.97. The number of nitrogens with zero attached hydrogens (tertiary/aromatic N) is 3. The van der Waals surface area contributed by atoms with E-state index in [1.165, 1.54) is 13.8 Å². The summed E-state index contributed by atoms with van der Waals surface area (Å²) in [4.78, 5) is 35.6. The van der Waals surface area contributed by atoms with Crippen molar-refractivity contribution >= 4 is 27.5 Å². The Morgan fingerprint density at radius 3 is 2.65 bits per heavy atom. The number of aromatic nitrogens is 2. The monoisotopic (exact) mass is 453 g/mol. The number of hydrogen-bond acceptors (Lipinski definition) is 9. The van der Waals surface area contributed by atoms with Crippen molar-refractivity contribution in [2.75, 3.05) is 37.5 Å². The highest BCUT2D eigenvalue weighted by molar-refractivity contribution is 7.91. The Morgan fingerprint density at radius 1 is 1.26 bits per heavy atom. The molecule has 2 saturated heterocycles. The van der Waals surface area contributed by atoms with E-state index in [1.54, 1.807) is 0 Å². The van der Waals surface area contributed by atoms with E-state index >= 15 is 0 Å². The van der Waals surface area contributed by atoms with Crippen LogP contribution in [0.15, 0.2) is 0 Å². The van der Waals surface area contributed by atoms with Gasteiger partial charge in [0.15, 0.2) is 21.4 Å². The maximum atomic E-state index is 13.0. The molecule has 3 aliphatic heterocycles. The molecule has 170 valence electrons. The van der Waals surface area contributed by atoms with Gasteiger partial charge >= 0.3 is 0 Å². The largest absolute Gasteiger partial charge is 0.486 e. The average molecular weight is 454 g/mol. The molecule has 2 N–H and O–H groups in total. The fourth-order valence-corrected chi connectivity index (χ4v) is 4.46. The van der Waals surface area contributed by atoms with Crippen molar-refractivity contribution in [3.63, 3.8) is 0 Å². The van der Waals surface area contributed by atoms with Gasteiger partial charge in [0.2, 0.25) is 11.7 Å². The molecule has 2 amide bonds. The summed E-state index contributed by atoms with van der Waals surface area (Å²) in [7, 11) is -3.61. The van der Waals surface area contributed by atoms with Crippen LogP contribution < -0.4 is 20.3 Å². The Labute approximate surface area is 180 Å². The summed E-state index contributed by atoms with van der Waals surface area (Å²) >= 11 is 0. The molecule has 0 aliphatic carbocycles. The smallest absolute Gasteiger partial charge is 0.289 e. The lowest BCUT2D eigenvalue weighted by Crippen LogP contribution is -2.56. The molecule has 31 heavy (non-hydrogen) atoms. The minimum atomic E-state index is -3.61. The third-order valence-electron chi connectivity index (χ3n) is 6.10. The second-order valence-corrected chi connectivity index (χ2v) is 11.3. The molecule has 0 spiro atoms. The summed E-state index contributed by atoms with van der Waals surface area (Å²) in [6.07, 6.45) is 1.58. The van der Waals surface area contributed by atoms with E-state index in [2.05, 4.69) is 20.6 Å². The highest BCUT2D eigenvalue weighted by atomic mass is 32.2. The Morgan fingerprint density at radius 2 is 2.00 bits per heavy atom. The van der Waals surface area contributed by atoms with Gasteiger partial charge in [0, 0.05) is 12.8 Å². The summed E-state index contributed by atoms with van der Waals surface area (Å²) in [5.41, 5.74) is 0.123. The number of carbonyl (C=O) groups is 2. The van der Waals surface area contributed by atoms with Gasteiger partial charge in [-0.15, -0.1) is 0 Å². The normalized spacial score (nSPS) is 25.9. The van der Waals surface area contributed by atoms with Crippen molar-refractivity contribution in [3.8, 4) is 5.75 Å². The molecule has 0 radical (unpaired) electrons. The van der Waals surface area contributed by atoms with Crippen molar-refractivity contribution in [1.29, 1.82) is 0 Å². The topological polar surface area (TPSA) is 140 Å². The number of fused-ring (bicyclic) bond motifs is 3. The van der Waals surface area contributed by atoms with Crippen LogP contribution in [-0.4, -0.2) is 80.9 Å². The van der Waals surface area contributed by atoms with Gasteiger partial charge in [-0.1, -0.05) is 0 Å². The van der Waals surface area contributed by atoms with Crippen LogP contribution in [0.1, 0.15) is 43.5 Å². The number of nitrogens with one attached hydrogen (secondary N) is 2. The first kappa shape index (κ1) is 21.8. The minimum Gasteiger partial charge on any atom is -0.486 e. The zero-order valence-electron chi connectivity index (χ0n) is 18.0. The van der Waals surface area contributed by atoms with Crippen LogP contribution in [0.2, 0.25) is 0 Å². The Kier molecular flexibility index (Phi) is 5.32. The van der Waals surface area contributed by atoms with E-state index in [4.69, 9.17) is 9.47 Å². The number of amides is 2. The number of sulfone groups is 1. The van der Waals surface area contributed by atoms with Crippen molar-refractivity contribution in [2.45, 2.75) is 50.1 Å². The van der Waals surface area contributed by atoms with Crippen LogP contribution in [-0.2, 0) is 24.1 Å². The molecule has 4 rings (SSSR count). The number of ether oxygens (including phenoxy) is 2. The van der Waals surface area contributed by atoms with Crippen molar-refractivity contribution in [1.82, 2.24) is 20.6 Å². The second-order valence-electron chi connectivity index (χ2n) is 8.70. The van der Waals surface area contributed by atoms with E-state index in [9.17, 15) is 18.0 Å². The summed E-state index contributed by atoms with van der Waals surface area (Å²) in [5, 5.41) is 5.30. The van der Waals surface area contributed by atoms with Crippen LogP contribution in [0, 0.1) is 0 Å². The molecule has 3 atom stereocenters. The second kappa shape index (κ2) is 7.59. The van der Waals surface area contributed by atoms with Gasteiger partial charge in [-0.05, 0) is 27.2 Å². The molecule has 4 heterocycles. The van der Waals surface area contributed by atoms with Crippen molar-refractivity contribution < 1.29 is 27.5 Å². The van der Waals surface area contributed by atoms with Gasteiger partial charge in [0.05, 0.1) is 25.3 Å². The molecule has 2 fully saturated rings. The predicted molar refractivity (Wildman–Crippen MR) is 111 cm³/mol. The number of carbonyl (C=O) groups excluding carboxylic acids is 2. The minimum absolute atomic E-state index is 0.0537. The number of hydrogen-bond donors (Lipinski definition) is 2. The van der Waals surface area contributed by atoms with E-state index in [0.29, 0.717) is 38.6 Å². The van der Waals surface area contributed by atoms with Gasteiger partial charge in [-0.3, -0.25) is 9.59 Å². The van der Waals surface area contributed by atoms with Crippen LogP contribution in [0.3, 0.4) is 0 Å². The molecule has 0 bridgehead atoms. The Bertz CT molecular complexity index is 1030. The van der Waals surface area contributed by atoms with Crippen LogP contribution in [0.4, 0.5) is 5.82 Å². The van der Waals surface area contributed by atoms with Crippen LogP contribution in [0.5, 0.6) is 5.75 Å². The van der Waals surface area contributed by atoms with E-state index in [-0.39, 0.29) is 35.3 Å². The van der Waals surface area contributed by atoms with Crippen LogP contribution in [0.25, 0.3) is 0 Å². The first-order chi connectivity index (χ1) is 14.5. The highest BCUT2D eigenvalue weighted by Gasteiger charge is 2.44. The van der Waals surface area contributed by atoms with Gasteiger partial charge in [-0.2, -0.15) is 0 Å². The molecular formula is C19H27N5O6S. The fraction of sp³-hybridized carbons (Fsp3) is 0.684. The highest BCUT2D eigenvalue weighted by Crippen LogP contribution is 2.43. The first-order valence-electron chi connectivity index (χ1n) is 10.2. The lowest BCUT2D eigenvalue weighted by Gasteiger charge is -2.45. The first-order valence-corrected chi connectivity index (χ1v) is 12.1. The molecular weight excluding hydrogens is 426 g/mol. The lowest BCUT2D eigenvalue weighted by molar-refractivity contribution is -0.120. The molecule has 0 saturated carbocycles. The van der Waals surface area contributed by atoms with Gasteiger partial charge in [-0.25, -0.2) is 18.4 Å². The molecule has 12 heteroatoms. The van der Waals surface area contributed by atoms with Gasteiger partial charge in [0.25, 0.3) is 5.91 Å². The van der Waals surface area contributed by atoms with Gasteiger partial charge < -0.3 is 25.0 Å². The summed E-state index contributed by atoms with van der Waals surface area (Å²) in [6.45, 7) is 6.68. The maximum Gasteiger partial charge on any atom is 0.289 e. The zero-order valence-corrected chi connectivity index (χ0v) is 18.8. The molecule has 11 nitrogen and oxygen atoms in total. The third kappa shape index (κ3) is 3.71. The van der Waals surface area contributed by atoms with Crippen molar-refractivity contribution in [2.24, 2.45) is 0 Å². The molecule has 3 aliphatic rings. The Balaban J connectivity index is 1.83. The average Bonchev–Trinajstić information content (AvgIpc) is 3.10. The summed E-state index contributed by atoms with van der Waals surface area (Å²) in [5.74, 6) is -0.481. The SMILES string of the molecule is C[C@@H]1COC[C@H]2COc3c(nc(C(=O)N[C@H]4CCNC4=O)nc3C(C)(C)S(C)(=O)=O)N21. The number of rotatable bonds is 4. The molecule has 0 unspecified atom stereocenters. The van der Waals surface area contributed by atoms with Crippen LogP contribution >= 0.6 is 0 Å². The maximum absolute atomic E-state index is 13.0. The molecule has 1 aromatic rings. The third-order valence-corrected chi connectivity index (χ3v) is 8.15. The van der Waals surface area contributed by atoms with Crippen molar-refractivity contribution in [3.05, 3.63) is 11.5 Å². The predicted octanol–water partition coefficient (Wildman–Crippen LogP) is -0.639. The molecule has 1 aromatic heterocycles. The Hall–Kier alpha value is -2.47. The van der Waals surface area contributed by atoms with E-state index < -0.39 is 26.5 Å². The number of morpholine rings is 1. The molecule has 0 aromatic carbocycles. The number of anilines is 1. The standard InChI is InChI=1S/C19H27N5O6S/c1-10-7-29-8-11-9-30-13-14(19(2,3)31(4,27)28)22-15(23-16(13)24(10)11)18(26)21-12-5-6-20-17(12)25/h10-12H,5-9H2,1-4H3,(H,20,25)(H,21,26)/t10-,11+,12+/m1/s1. The van der Waals surface area contributed by atoms with Gasteiger partial charge in [0.1, 0.15) is 23.1 Å². The zero-order chi connectivity index (χ0) is 22.6. The lowest BCUT2D eigenvalue weighted by atomic mass is 10.0. The summed E-state index contributed by atoms with van der Waals surface area (Å²) in [6, 6.07) is -0.844. The summed E-state index contributed by atoms with van der Waals surface area (Å²) < 4.78 is 35.3. The van der Waals surface area contributed by atoms with E-state index in [0.717, 1.165) is 6.26 Å². The quantitative estimate of drug-likeness (QED) is 0.609.